The summed E-state index contributed by atoms with van der Waals surface area (Å²) in [6, 6.07) is 0. The van der Waals surface area contributed by atoms with E-state index in [2.05, 4.69) is 50.3 Å². The number of rotatable bonds is 37. The highest BCUT2D eigenvalue weighted by molar-refractivity contribution is 7.47. The third kappa shape index (κ3) is 36.1. The maximum absolute atomic E-state index is 12.5. The molecule has 0 bridgehead atoms. The molecule has 1 N–H and O–H groups in total. The predicted octanol–water partition coefficient (Wildman–Crippen LogP) is 12.4. The molecule has 0 aliphatic rings. The minimum atomic E-state index is -4.28. The van der Waals surface area contributed by atoms with Crippen LogP contribution in [-0.2, 0) is 32.7 Å². The minimum absolute atomic E-state index is 0.00194. The van der Waals surface area contributed by atoms with Crippen molar-refractivity contribution in [3.63, 3.8) is 0 Å². The Hall–Kier alpha value is -1.73. The number of phosphoric acid groups is 1. The standard InChI is InChI=1S/C41H75O8P/c1-4-7-9-11-13-15-17-18-19-20-21-22-23-24-26-28-30-32-34-36-41(43)49-39(38-48-50(44,45)47-6-3)37-46-40(42)35-33-31-29-27-25-16-14-12-10-8-5-2/h12-15,18-19,39H,4-11,16-17,20-38H2,1-3H3,(H,44,45)/b14-12-,15-13-,19-18-. The smallest absolute Gasteiger partial charge is 0.462 e. The van der Waals surface area contributed by atoms with Crippen LogP contribution >= 0.6 is 7.82 Å². The quantitative estimate of drug-likeness (QED) is 0.0292. The molecule has 0 aromatic rings. The molecule has 0 saturated carbocycles. The Kier molecular flexibility index (Phi) is 35.8. The summed E-state index contributed by atoms with van der Waals surface area (Å²) in [5, 5.41) is 0. The number of hydrogen-bond donors (Lipinski definition) is 1. The van der Waals surface area contributed by atoms with Crippen LogP contribution in [-0.4, -0.2) is 42.8 Å². The van der Waals surface area contributed by atoms with Crippen LogP contribution in [0.25, 0.3) is 0 Å². The fourth-order valence-electron chi connectivity index (χ4n) is 5.40. The van der Waals surface area contributed by atoms with Crippen molar-refractivity contribution in [1.82, 2.24) is 0 Å². The van der Waals surface area contributed by atoms with Gasteiger partial charge in [0.05, 0.1) is 13.2 Å². The summed E-state index contributed by atoms with van der Waals surface area (Å²) in [4.78, 5) is 34.6. The van der Waals surface area contributed by atoms with Crippen molar-refractivity contribution >= 4 is 19.8 Å². The zero-order valence-electron chi connectivity index (χ0n) is 32.3. The molecule has 0 saturated heterocycles. The maximum atomic E-state index is 12.5. The number of ether oxygens (including phenoxy) is 2. The number of hydrogen-bond acceptors (Lipinski definition) is 7. The van der Waals surface area contributed by atoms with Crippen LogP contribution in [0.15, 0.2) is 36.5 Å². The number of phosphoric ester groups is 1. The Balaban J connectivity index is 4.09. The average Bonchev–Trinajstić information content (AvgIpc) is 3.09. The zero-order valence-corrected chi connectivity index (χ0v) is 33.2. The lowest BCUT2D eigenvalue weighted by Gasteiger charge is -2.19. The van der Waals surface area contributed by atoms with E-state index in [1.165, 1.54) is 77.0 Å². The second kappa shape index (κ2) is 37.0. The Morgan fingerprint density at radius 3 is 1.50 bits per heavy atom. The maximum Gasteiger partial charge on any atom is 0.472 e. The molecule has 50 heavy (non-hydrogen) atoms. The summed E-state index contributed by atoms with van der Waals surface area (Å²) in [5.74, 6) is -0.814. The molecule has 9 heteroatoms. The summed E-state index contributed by atoms with van der Waals surface area (Å²) in [7, 11) is -4.28. The molecule has 8 nitrogen and oxygen atoms in total. The summed E-state index contributed by atoms with van der Waals surface area (Å²) < 4.78 is 32.5. The normalized spacial score (nSPS) is 13.8. The van der Waals surface area contributed by atoms with E-state index < -0.39 is 26.5 Å². The van der Waals surface area contributed by atoms with Gasteiger partial charge in [-0.25, -0.2) is 4.57 Å². The molecule has 0 fully saturated rings. The highest BCUT2D eigenvalue weighted by Gasteiger charge is 2.25. The van der Waals surface area contributed by atoms with E-state index in [0.717, 1.165) is 70.6 Å². The van der Waals surface area contributed by atoms with E-state index in [9.17, 15) is 19.0 Å². The van der Waals surface area contributed by atoms with Gasteiger partial charge in [0.2, 0.25) is 0 Å². The van der Waals surface area contributed by atoms with Gasteiger partial charge in [0.1, 0.15) is 6.61 Å². The summed E-state index contributed by atoms with van der Waals surface area (Å²) in [6.45, 7) is 5.39. The van der Waals surface area contributed by atoms with Gasteiger partial charge < -0.3 is 14.4 Å². The van der Waals surface area contributed by atoms with Crippen molar-refractivity contribution in [1.29, 1.82) is 0 Å². The van der Waals surface area contributed by atoms with Crippen LogP contribution in [0.5, 0.6) is 0 Å². The molecule has 2 atom stereocenters. The van der Waals surface area contributed by atoms with E-state index >= 15 is 0 Å². The van der Waals surface area contributed by atoms with Crippen LogP contribution in [0.2, 0.25) is 0 Å². The molecule has 292 valence electrons. The molecular formula is C41H75O8P. The van der Waals surface area contributed by atoms with Gasteiger partial charge in [-0.1, -0.05) is 140 Å². The van der Waals surface area contributed by atoms with Gasteiger partial charge in [-0.15, -0.1) is 0 Å². The molecule has 0 amide bonds. The van der Waals surface area contributed by atoms with Crippen LogP contribution in [0.4, 0.5) is 0 Å². The highest BCUT2D eigenvalue weighted by atomic mass is 31.2. The van der Waals surface area contributed by atoms with E-state index in [-0.39, 0.29) is 32.0 Å². The lowest BCUT2D eigenvalue weighted by molar-refractivity contribution is -0.161. The van der Waals surface area contributed by atoms with Gasteiger partial charge in [-0.2, -0.15) is 0 Å². The van der Waals surface area contributed by atoms with Crippen molar-refractivity contribution in [2.24, 2.45) is 0 Å². The van der Waals surface area contributed by atoms with E-state index in [1.807, 2.05) is 0 Å². The number of allylic oxidation sites excluding steroid dienone is 6. The summed E-state index contributed by atoms with van der Waals surface area (Å²) in [6.07, 6.45) is 40.5. The van der Waals surface area contributed by atoms with Crippen LogP contribution in [0.3, 0.4) is 0 Å². The Labute approximate surface area is 306 Å². The molecule has 0 heterocycles. The lowest BCUT2D eigenvalue weighted by Crippen LogP contribution is -2.29. The molecule has 2 unspecified atom stereocenters. The van der Waals surface area contributed by atoms with Crippen molar-refractivity contribution in [2.75, 3.05) is 19.8 Å². The first-order valence-electron chi connectivity index (χ1n) is 20.3. The fraction of sp³-hybridized carbons (Fsp3) is 0.805. The fourth-order valence-corrected chi connectivity index (χ4v) is 6.16. The second-order valence-electron chi connectivity index (χ2n) is 13.3. The molecule has 0 radical (unpaired) electrons. The van der Waals surface area contributed by atoms with Gasteiger partial charge in [0, 0.05) is 12.8 Å². The number of carbonyl (C=O) groups is 2. The minimum Gasteiger partial charge on any atom is -0.462 e. The molecule has 0 aliphatic heterocycles. The van der Waals surface area contributed by atoms with Gasteiger partial charge in [-0.05, 0) is 71.1 Å². The second-order valence-corrected chi connectivity index (χ2v) is 14.7. The van der Waals surface area contributed by atoms with Gasteiger partial charge in [-0.3, -0.25) is 18.6 Å². The molecule has 0 rings (SSSR count). The van der Waals surface area contributed by atoms with Crippen LogP contribution in [0, 0.1) is 0 Å². The van der Waals surface area contributed by atoms with Gasteiger partial charge in [0.25, 0.3) is 0 Å². The van der Waals surface area contributed by atoms with Gasteiger partial charge >= 0.3 is 19.8 Å². The number of esters is 2. The third-order valence-corrected chi connectivity index (χ3v) is 9.48. The highest BCUT2D eigenvalue weighted by Crippen LogP contribution is 2.43. The molecule has 0 aliphatic carbocycles. The van der Waals surface area contributed by atoms with E-state index in [0.29, 0.717) is 6.42 Å². The zero-order chi connectivity index (χ0) is 36.8. The van der Waals surface area contributed by atoms with Gasteiger partial charge in [0.15, 0.2) is 6.10 Å². The average molecular weight is 727 g/mol. The number of carbonyl (C=O) groups excluding carboxylic acids is 2. The first-order valence-corrected chi connectivity index (χ1v) is 21.8. The molecular weight excluding hydrogens is 651 g/mol. The largest absolute Gasteiger partial charge is 0.472 e. The monoisotopic (exact) mass is 727 g/mol. The van der Waals surface area contributed by atoms with E-state index in [4.69, 9.17) is 18.5 Å². The Bertz CT molecular complexity index is 916. The SMILES string of the molecule is CCCC/C=C\CCCCCCCC(=O)OCC(COP(=O)(O)OCC)OC(=O)CCCCCCCCCCC/C=C\C/C=C\CCCCC. The lowest BCUT2D eigenvalue weighted by atomic mass is 10.1. The summed E-state index contributed by atoms with van der Waals surface area (Å²) >= 11 is 0. The summed E-state index contributed by atoms with van der Waals surface area (Å²) in [5.41, 5.74) is 0. The van der Waals surface area contributed by atoms with E-state index in [1.54, 1.807) is 6.92 Å². The van der Waals surface area contributed by atoms with Crippen molar-refractivity contribution < 1.29 is 37.6 Å². The van der Waals surface area contributed by atoms with Crippen LogP contribution in [0.1, 0.15) is 188 Å². The molecule has 0 aromatic heterocycles. The molecule has 0 spiro atoms. The first kappa shape index (κ1) is 48.3. The Morgan fingerprint density at radius 2 is 0.980 bits per heavy atom. The van der Waals surface area contributed by atoms with Crippen LogP contribution < -0.4 is 0 Å². The van der Waals surface area contributed by atoms with Crippen molar-refractivity contribution in [3.05, 3.63) is 36.5 Å². The first-order chi connectivity index (χ1) is 24.3. The molecule has 0 aromatic carbocycles. The number of unbranched alkanes of at least 4 members (excludes halogenated alkanes) is 19. The van der Waals surface area contributed by atoms with Crippen molar-refractivity contribution in [2.45, 2.75) is 194 Å². The topological polar surface area (TPSA) is 108 Å². The third-order valence-electron chi connectivity index (χ3n) is 8.42. The predicted molar refractivity (Wildman–Crippen MR) is 207 cm³/mol. The van der Waals surface area contributed by atoms with Crippen molar-refractivity contribution in [3.8, 4) is 0 Å². The Morgan fingerprint density at radius 1 is 0.540 bits per heavy atom.